The average molecular weight is 995 g/mol. The van der Waals surface area contributed by atoms with Gasteiger partial charge in [-0.2, -0.15) is 0 Å². The number of hydrogen-bond donors (Lipinski definition) is 0. The van der Waals surface area contributed by atoms with Crippen LogP contribution in [0.1, 0.15) is 207 Å². The van der Waals surface area contributed by atoms with Crippen molar-refractivity contribution < 1.29 is 66.2 Å². The third kappa shape index (κ3) is 45.4. The molecule has 0 bridgehead atoms. The summed E-state index contributed by atoms with van der Waals surface area (Å²) in [4.78, 5) is 72.1. The Morgan fingerprint density at radius 3 is 1.13 bits per heavy atom. The zero-order valence-corrected chi connectivity index (χ0v) is 45.7. The highest BCUT2D eigenvalue weighted by Gasteiger charge is 2.25. The first-order valence-corrected chi connectivity index (χ1v) is 27.4. The second-order valence-electron chi connectivity index (χ2n) is 20.4. The molecule has 0 rings (SSSR count). The van der Waals surface area contributed by atoms with Crippen LogP contribution in [0.25, 0.3) is 0 Å². The van der Waals surface area contributed by atoms with Crippen molar-refractivity contribution in [2.24, 2.45) is 0 Å². The van der Waals surface area contributed by atoms with E-state index >= 15 is 0 Å². The third-order valence-corrected chi connectivity index (χ3v) is 12.2. The number of nitrogens with zero attached hydrogens (tertiary/aromatic N) is 2. The monoisotopic (exact) mass is 995 g/mol. The van der Waals surface area contributed by atoms with Gasteiger partial charge in [0.2, 0.25) is 0 Å². The maximum Gasteiger partial charge on any atom is 0.362 e. The number of hydrogen-bond acceptors (Lipinski definition) is 12. The molecular formula is C56H102N2O12+2. The van der Waals surface area contributed by atoms with E-state index < -0.39 is 0 Å². The Morgan fingerprint density at radius 2 is 0.757 bits per heavy atom. The Balaban J connectivity index is 4.05. The molecule has 0 unspecified atom stereocenters. The summed E-state index contributed by atoms with van der Waals surface area (Å²) in [6.45, 7) is 9.93. The van der Waals surface area contributed by atoms with Gasteiger partial charge in [-0.25, -0.2) is 9.59 Å². The molecule has 0 radical (unpaired) electrons. The number of carbonyl (C=O) groups excluding carboxylic acids is 6. The van der Waals surface area contributed by atoms with Crippen molar-refractivity contribution in [3.05, 3.63) is 24.3 Å². The number of esters is 6. The molecular weight excluding hydrogens is 893 g/mol. The predicted octanol–water partition coefficient (Wildman–Crippen LogP) is 11.3. The number of carbonyl (C=O) groups is 6. The number of unbranched alkanes of at least 4 members (excludes halogenated alkanes) is 17. The summed E-state index contributed by atoms with van der Waals surface area (Å²) in [5, 5.41) is 0. The molecule has 0 amide bonds. The summed E-state index contributed by atoms with van der Waals surface area (Å²) in [7, 11) is 7.75. The largest absolute Gasteiger partial charge is 0.466 e. The lowest BCUT2D eigenvalue weighted by molar-refractivity contribution is -0.883. The molecule has 0 saturated heterocycles. The molecule has 0 N–H and O–H groups in total. The Hall–Kier alpha value is -3.78. The van der Waals surface area contributed by atoms with Crippen molar-refractivity contribution in [3.8, 4) is 0 Å². The molecule has 0 aromatic carbocycles. The van der Waals surface area contributed by atoms with E-state index in [-0.39, 0.29) is 74.3 Å². The molecule has 0 aliphatic heterocycles. The van der Waals surface area contributed by atoms with Crippen LogP contribution in [0.15, 0.2) is 24.3 Å². The maximum atomic E-state index is 12.8. The Bertz CT molecular complexity index is 1340. The molecule has 70 heavy (non-hydrogen) atoms. The van der Waals surface area contributed by atoms with E-state index in [1.807, 2.05) is 28.2 Å². The van der Waals surface area contributed by atoms with Crippen molar-refractivity contribution in [2.45, 2.75) is 220 Å². The van der Waals surface area contributed by atoms with Gasteiger partial charge in [-0.3, -0.25) is 19.2 Å². The van der Waals surface area contributed by atoms with Crippen LogP contribution >= 0.6 is 0 Å². The van der Waals surface area contributed by atoms with Crippen LogP contribution < -0.4 is 0 Å². The van der Waals surface area contributed by atoms with Crippen molar-refractivity contribution in [1.29, 1.82) is 0 Å². The van der Waals surface area contributed by atoms with E-state index in [4.69, 9.17) is 28.4 Å². The van der Waals surface area contributed by atoms with Gasteiger partial charge in [0.1, 0.15) is 38.5 Å². The molecule has 0 fully saturated rings. The Kier molecular flexibility index (Phi) is 41.6. The van der Waals surface area contributed by atoms with E-state index in [0.717, 1.165) is 128 Å². The summed E-state index contributed by atoms with van der Waals surface area (Å²) in [5.41, 5.74) is 0. The van der Waals surface area contributed by atoms with Crippen molar-refractivity contribution in [3.63, 3.8) is 0 Å². The first-order valence-electron chi connectivity index (χ1n) is 27.4. The van der Waals surface area contributed by atoms with Gasteiger partial charge in [0.25, 0.3) is 0 Å². The maximum absolute atomic E-state index is 12.8. The lowest BCUT2D eigenvalue weighted by Gasteiger charge is -2.29. The minimum absolute atomic E-state index is 0.132. The lowest BCUT2D eigenvalue weighted by atomic mass is 10.1. The van der Waals surface area contributed by atoms with Crippen LogP contribution in [0.2, 0.25) is 0 Å². The third-order valence-electron chi connectivity index (χ3n) is 12.2. The molecule has 14 nitrogen and oxygen atoms in total. The summed E-state index contributed by atoms with van der Waals surface area (Å²) >= 11 is 0. The molecule has 0 aromatic rings. The highest BCUT2D eigenvalue weighted by Crippen LogP contribution is 2.17. The molecule has 2 atom stereocenters. The number of quaternary nitrogens is 2. The quantitative estimate of drug-likeness (QED) is 0.0187. The summed E-state index contributed by atoms with van der Waals surface area (Å²) < 4.78 is 33.5. The molecule has 0 aliphatic carbocycles. The van der Waals surface area contributed by atoms with Gasteiger partial charge in [0.15, 0.2) is 13.1 Å². The molecule has 0 aromatic heterocycles. The molecule has 14 heteroatoms. The average Bonchev–Trinajstić information content (AvgIpc) is 3.27. The molecule has 0 aliphatic rings. The van der Waals surface area contributed by atoms with Gasteiger partial charge < -0.3 is 37.4 Å². The highest BCUT2D eigenvalue weighted by atomic mass is 16.6. The zero-order chi connectivity index (χ0) is 52.1. The normalized spacial score (nSPS) is 12.7. The van der Waals surface area contributed by atoms with Gasteiger partial charge in [0, 0.05) is 39.5 Å². The second-order valence-corrected chi connectivity index (χ2v) is 20.4. The first kappa shape index (κ1) is 66.2. The Labute approximate surface area is 425 Å². The van der Waals surface area contributed by atoms with Gasteiger partial charge in [-0.1, -0.05) is 115 Å². The van der Waals surface area contributed by atoms with Crippen LogP contribution in [-0.2, 0) is 57.2 Å². The zero-order valence-electron chi connectivity index (χ0n) is 45.7. The summed E-state index contributed by atoms with van der Waals surface area (Å²) in [6, 6.07) is 0. The minimum Gasteiger partial charge on any atom is -0.466 e. The van der Waals surface area contributed by atoms with Crippen LogP contribution in [0, 0.1) is 0 Å². The van der Waals surface area contributed by atoms with Gasteiger partial charge >= 0.3 is 35.8 Å². The molecule has 406 valence electrons. The van der Waals surface area contributed by atoms with E-state index in [1.54, 1.807) is 0 Å². The van der Waals surface area contributed by atoms with Gasteiger partial charge in [0.05, 0.1) is 41.4 Å². The minimum atomic E-state index is -0.320. The van der Waals surface area contributed by atoms with Crippen molar-refractivity contribution >= 4 is 35.8 Å². The van der Waals surface area contributed by atoms with E-state index in [2.05, 4.69) is 38.2 Å². The lowest BCUT2D eigenvalue weighted by Crippen LogP contribution is -2.47. The standard InChI is InChI=1S/C56H102N2O12/c1-9-11-13-27-35-51(69-55(63)47-57(5,6)41-45-65-49(3)59)37-29-23-19-15-17-21-25-31-39-53(61)67-43-33-34-44-68-54(62)40-32-26-22-18-16-20-24-30-38-52(36-28-14-12-10-2)70-56(64)48-58(7,8)42-46-66-50(4)60/h23-24,29-30,51-52H,9-22,25-28,31-48H2,1-8H3/q+2/b29-23-,30-24-/t51-,52-/m1/s1. The highest BCUT2D eigenvalue weighted by molar-refractivity contribution is 5.71. The fraction of sp³-hybridized carbons (Fsp3) is 0.821. The van der Waals surface area contributed by atoms with E-state index in [9.17, 15) is 28.8 Å². The summed E-state index contributed by atoms with van der Waals surface area (Å²) in [5.74, 6) is -1.42. The topological polar surface area (TPSA) is 158 Å². The van der Waals surface area contributed by atoms with Crippen molar-refractivity contribution in [2.75, 3.05) is 80.8 Å². The van der Waals surface area contributed by atoms with Gasteiger partial charge in [-0.05, 0) is 77.0 Å². The SMILES string of the molecule is CCCCCC[C@H](C/C=C\CCCCCCCC(=O)OCCCCOC(=O)CCCCCCC/C=C\C[C@@H](CCCCCC)OC(=O)C[N+](C)(C)CCOC(C)=O)OC(=O)C[N+](C)(C)CCOC(C)=O. The van der Waals surface area contributed by atoms with Crippen LogP contribution in [-0.4, -0.2) is 138 Å². The predicted molar refractivity (Wildman–Crippen MR) is 278 cm³/mol. The van der Waals surface area contributed by atoms with Crippen LogP contribution in [0.3, 0.4) is 0 Å². The molecule has 0 heterocycles. The number of ether oxygens (including phenoxy) is 6. The number of rotatable bonds is 47. The smallest absolute Gasteiger partial charge is 0.362 e. The second kappa shape index (κ2) is 44.0. The van der Waals surface area contributed by atoms with Crippen molar-refractivity contribution in [1.82, 2.24) is 0 Å². The van der Waals surface area contributed by atoms with E-state index in [1.165, 1.54) is 26.7 Å². The van der Waals surface area contributed by atoms with Crippen LogP contribution in [0.4, 0.5) is 0 Å². The first-order chi connectivity index (χ1) is 33.5. The van der Waals surface area contributed by atoms with Crippen LogP contribution in [0.5, 0.6) is 0 Å². The van der Waals surface area contributed by atoms with E-state index in [0.29, 0.717) is 73.8 Å². The van der Waals surface area contributed by atoms with Gasteiger partial charge in [-0.15, -0.1) is 0 Å². The fourth-order valence-corrected chi connectivity index (χ4v) is 7.80. The molecule has 0 spiro atoms. The number of likely N-dealkylation sites (N-methyl/N-ethyl adjacent to an activating group) is 2. The number of allylic oxidation sites excluding steroid dienone is 2. The Morgan fingerprint density at radius 1 is 0.400 bits per heavy atom. The summed E-state index contributed by atoms with van der Waals surface area (Å²) in [6.07, 6.45) is 34.8. The molecule has 0 saturated carbocycles. The fourth-order valence-electron chi connectivity index (χ4n) is 7.80.